The van der Waals surface area contributed by atoms with E-state index in [4.69, 9.17) is 10.5 Å². The second-order valence-corrected chi connectivity index (χ2v) is 4.62. The number of amides is 1. The summed E-state index contributed by atoms with van der Waals surface area (Å²) in [7, 11) is 0. The van der Waals surface area contributed by atoms with E-state index in [1.807, 2.05) is 13.8 Å². The fourth-order valence-electron chi connectivity index (χ4n) is 2.05. The van der Waals surface area contributed by atoms with E-state index in [0.717, 1.165) is 0 Å². The van der Waals surface area contributed by atoms with E-state index in [0.29, 0.717) is 6.61 Å². The molecule has 2 N–H and O–H groups in total. The maximum atomic E-state index is 11.7. The molecule has 1 amide bonds. The smallest absolute Gasteiger partial charge is 0.239 e. The molecule has 0 aromatic heterocycles. The molecule has 4 heteroatoms. The zero-order valence-electron chi connectivity index (χ0n) is 9.32. The molecule has 0 radical (unpaired) electrons. The highest BCUT2D eigenvalue weighted by atomic mass is 16.5. The van der Waals surface area contributed by atoms with Gasteiger partial charge in [-0.2, -0.15) is 0 Å². The van der Waals surface area contributed by atoms with Gasteiger partial charge in [-0.05, 0) is 26.7 Å². The number of nitrogens with zero attached hydrogens (tertiary/aromatic N) is 1. The van der Waals surface area contributed by atoms with Gasteiger partial charge in [0.05, 0.1) is 19.2 Å². The molecule has 1 saturated carbocycles. The molecule has 2 rings (SSSR count). The summed E-state index contributed by atoms with van der Waals surface area (Å²) in [5.41, 5.74) is 6.32. The van der Waals surface area contributed by atoms with Crippen molar-refractivity contribution in [3.63, 3.8) is 0 Å². The minimum atomic E-state index is -0.521. The van der Waals surface area contributed by atoms with Crippen molar-refractivity contribution in [3.8, 4) is 0 Å². The number of allylic oxidation sites excluding steroid dienone is 1. The van der Waals surface area contributed by atoms with E-state index in [-0.39, 0.29) is 18.5 Å². The fraction of sp³-hybridized carbons (Fsp3) is 0.727. The largest absolute Gasteiger partial charge is 0.354 e. The molecular weight excluding hydrogens is 192 g/mol. The van der Waals surface area contributed by atoms with Crippen LogP contribution in [0.1, 0.15) is 26.7 Å². The van der Waals surface area contributed by atoms with E-state index < -0.39 is 5.72 Å². The van der Waals surface area contributed by atoms with Gasteiger partial charge in [0.15, 0.2) is 0 Å². The van der Waals surface area contributed by atoms with Crippen LogP contribution in [0.15, 0.2) is 11.6 Å². The Morgan fingerprint density at radius 1 is 1.67 bits per heavy atom. The summed E-state index contributed by atoms with van der Waals surface area (Å²) in [5.74, 6) is -0.0417. The Hall–Kier alpha value is -0.870. The number of ether oxygens (including phenoxy) is 1. The summed E-state index contributed by atoms with van der Waals surface area (Å²) >= 11 is 0. The number of rotatable bonds is 2. The predicted octanol–water partition coefficient (Wildman–Crippen LogP) is 0.629. The molecule has 2 aliphatic rings. The van der Waals surface area contributed by atoms with Gasteiger partial charge in [0.2, 0.25) is 5.91 Å². The summed E-state index contributed by atoms with van der Waals surface area (Å²) in [6.45, 7) is 4.45. The molecule has 1 aliphatic heterocycles. The average Bonchev–Trinajstić information content (AvgIpc) is 2.92. The summed E-state index contributed by atoms with van der Waals surface area (Å²) in [6.07, 6.45) is 4.49. The lowest BCUT2D eigenvalue weighted by atomic mass is 10.2. The molecule has 0 spiro atoms. The van der Waals surface area contributed by atoms with Crippen molar-refractivity contribution in [2.24, 2.45) is 5.73 Å². The maximum absolute atomic E-state index is 11.7. The Labute approximate surface area is 90.1 Å². The van der Waals surface area contributed by atoms with E-state index >= 15 is 0 Å². The Bertz CT molecular complexity index is 304. The Kier molecular flexibility index (Phi) is 2.56. The molecule has 4 nitrogen and oxygen atoms in total. The van der Waals surface area contributed by atoms with Crippen LogP contribution in [0.4, 0.5) is 0 Å². The van der Waals surface area contributed by atoms with Crippen LogP contribution in [0.3, 0.4) is 0 Å². The minimum Gasteiger partial charge on any atom is -0.354 e. The Balaban J connectivity index is 2.17. The number of carbonyl (C=O) groups excluding carboxylic acids is 1. The molecular formula is C11H18N2O2. The van der Waals surface area contributed by atoms with Crippen molar-refractivity contribution in [3.05, 3.63) is 11.6 Å². The second kappa shape index (κ2) is 3.61. The SMILES string of the molecule is CC1(C)OC[C@H](C=C2CC2)N1C(=O)CN. The van der Waals surface area contributed by atoms with Crippen LogP contribution in [0.5, 0.6) is 0 Å². The van der Waals surface area contributed by atoms with Gasteiger partial charge in [0, 0.05) is 0 Å². The van der Waals surface area contributed by atoms with Crippen molar-refractivity contribution in [2.45, 2.75) is 38.5 Å². The minimum absolute atomic E-state index is 0.0417. The van der Waals surface area contributed by atoms with Gasteiger partial charge >= 0.3 is 0 Å². The first kappa shape index (κ1) is 10.6. The number of hydrogen-bond acceptors (Lipinski definition) is 3. The summed E-state index contributed by atoms with van der Waals surface area (Å²) in [6, 6.07) is 0.0774. The zero-order valence-corrected chi connectivity index (χ0v) is 9.32. The van der Waals surface area contributed by atoms with E-state index in [9.17, 15) is 4.79 Å². The van der Waals surface area contributed by atoms with Crippen molar-refractivity contribution in [1.29, 1.82) is 0 Å². The first-order valence-corrected chi connectivity index (χ1v) is 5.40. The lowest BCUT2D eigenvalue weighted by molar-refractivity contribution is -0.143. The van der Waals surface area contributed by atoms with Crippen molar-refractivity contribution in [2.75, 3.05) is 13.2 Å². The molecule has 84 valence electrons. The van der Waals surface area contributed by atoms with Crippen molar-refractivity contribution >= 4 is 5.91 Å². The molecule has 1 heterocycles. The van der Waals surface area contributed by atoms with Crippen LogP contribution in [-0.2, 0) is 9.53 Å². The van der Waals surface area contributed by atoms with E-state index in [2.05, 4.69) is 6.08 Å². The first-order valence-electron chi connectivity index (χ1n) is 5.40. The zero-order chi connectivity index (χ0) is 11.1. The maximum Gasteiger partial charge on any atom is 0.239 e. The summed E-state index contributed by atoms with van der Waals surface area (Å²) in [5, 5.41) is 0. The quantitative estimate of drug-likeness (QED) is 0.680. The summed E-state index contributed by atoms with van der Waals surface area (Å²) in [4.78, 5) is 13.5. The molecule has 15 heavy (non-hydrogen) atoms. The Morgan fingerprint density at radius 2 is 2.33 bits per heavy atom. The van der Waals surface area contributed by atoms with Crippen molar-refractivity contribution < 1.29 is 9.53 Å². The van der Waals surface area contributed by atoms with Crippen LogP contribution in [0, 0.1) is 0 Å². The van der Waals surface area contributed by atoms with Gasteiger partial charge in [-0.3, -0.25) is 4.79 Å². The van der Waals surface area contributed by atoms with Crippen LogP contribution in [0.25, 0.3) is 0 Å². The van der Waals surface area contributed by atoms with Crippen molar-refractivity contribution in [1.82, 2.24) is 4.90 Å². The van der Waals surface area contributed by atoms with Gasteiger partial charge in [0.1, 0.15) is 5.72 Å². The predicted molar refractivity (Wildman–Crippen MR) is 57.0 cm³/mol. The lowest BCUT2D eigenvalue weighted by Gasteiger charge is -2.32. The lowest BCUT2D eigenvalue weighted by Crippen LogP contribution is -2.49. The topological polar surface area (TPSA) is 55.6 Å². The molecule has 0 unspecified atom stereocenters. The molecule has 0 bridgehead atoms. The van der Waals surface area contributed by atoms with Gasteiger partial charge in [-0.25, -0.2) is 0 Å². The van der Waals surface area contributed by atoms with Gasteiger partial charge in [0.25, 0.3) is 0 Å². The number of nitrogens with two attached hydrogens (primary N) is 1. The van der Waals surface area contributed by atoms with Crippen LogP contribution in [-0.4, -0.2) is 35.7 Å². The van der Waals surface area contributed by atoms with Gasteiger partial charge < -0.3 is 15.4 Å². The highest BCUT2D eigenvalue weighted by Gasteiger charge is 2.42. The normalized spacial score (nSPS) is 28.1. The highest BCUT2D eigenvalue weighted by molar-refractivity contribution is 5.79. The molecule has 1 saturated heterocycles. The van der Waals surface area contributed by atoms with Crippen LogP contribution >= 0.6 is 0 Å². The van der Waals surface area contributed by atoms with Crippen LogP contribution in [0.2, 0.25) is 0 Å². The number of hydrogen-bond donors (Lipinski definition) is 1. The fourth-order valence-corrected chi connectivity index (χ4v) is 2.05. The third-order valence-electron chi connectivity index (χ3n) is 2.93. The molecule has 1 atom stereocenters. The van der Waals surface area contributed by atoms with Gasteiger partial charge in [-0.15, -0.1) is 0 Å². The molecule has 2 fully saturated rings. The van der Waals surface area contributed by atoms with Gasteiger partial charge in [-0.1, -0.05) is 11.6 Å². The molecule has 0 aromatic carbocycles. The first-order chi connectivity index (χ1) is 7.04. The monoisotopic (exact) mass is 210 g/mol. The summed E-state index contributed by atoms with van der Waals surface area (Å²) < 4.78 is 5.62. The standard InChI is InChI=1S/C11H18N2O2/c1-11(2)13(10(14)6-12)9(7-15-11)5-8-3-4-8/h5,9H,3-4,6-7,12H2,1-2H3/t9-/m0/s1. The Morgan fingerprint density at radius 3 is 2.87 bits per heavy atom. The van der Waals surface area contributed by atoms with E-state index in [1.54, 1.807) is 4.90 Å². The van der Waals surface area contributed by atoms with Crippen LogP contribution < -0.4 is 5.73 Å². The molecule has 1 aliphatic carbocycles. The average molecular weight is 210 g/mol. The second-order valence-electron chi connectivity index (χ2n) is 4.62. The number of carbonyl (C=O) groups is 1. The highest BCUT2D eigenvalue weighted by Crippen LogP contribution is 2.33. The third kappa shape index (κ3) is 2.06. The third-order valence-corrected chi connectivity index (χ3v) is 2.93. The molecule has 0 aromatic rings. The van der Waals surface area contributed by atoms with E-state index in [1.165, 1.54) is 18.4 Å².